The van der Waals surface area contributed by atoms with E-state index < -0.39 is 11.8 Å². The topological polar surface area (TPSA) is 113 Å². The number of fused-ring (bicyclic) bond motifs is 1. The molecule has 1 saturated heterocycles. The highest BCUT2D eigenvalue weighted by Crippen LogP contribution is 2.35. The number of nitrogens with zero attached hydrogens (tertiary/aromatic N) is 4. The van der Waals surface area contributed by atoms with Crippen LogP contribution in [0, 0.1) is 6.92 Å². The van der Waals surface area contributed by atoms with Crippen molar-refractivity contribution in [2.75, 3.05) is 23.4 Å². The number of benzene rings is 2. The van der Waals surface area contributed by atoms with Crippen molar-refractivity contribution in [1.82, 2.24) is 14.7 Å². The number of aromatic nitrogens is 2. The van der Waals surface area contributed by atoms with Crippen LogP contribution < -0.4 is 19.9 Å². The Morgan fingerprint density at radius 1 is 1.09 bits per heavy atom. The number of hydrogen-bond acceptors (Lipinski definition) is 6. The molecular formula is C31H27BrCl3N5O5. The monoisotopic (exact) mass is 733 g/mol. The number of likely N-dealkylation sites (N-methyl/N-ethyl adjacent to an activating group) is 1. The Bertz CT molecular complexity index is 1810. The van der Waals surface area contributed by atoms with Crippen LogP contribution >= 0.6 is 51.5 Å². The second kappa shape index (κ2) is 14.5. The summed E-state index contributed by atoms with van der Waals surface area (Å²) in [7, 11) is 1.55. The van der Waals surface area contributed by atoms with Crippen molar-refractivity contribution >= 4 is 98.3 Å². The first-order chi connectivity index (χ1) is 21.0. The molecule has 1 fully saturated rings. The predicted octanol–water partition coefficient (Wildman–Crippen LogP) is 6.16. The number of rotatable bonds is 9. The Balaban J connectivity index is 0.00000461. The Kier molecular flexibility index (Phi) is 10.9. The molecular weight excluding hydrogens is 709 g/mol. The third-order valence-corrected chi connectivity index (χ3v) is 8.76. The SMILES string of the molecule is Cc1nc2c(OCc3c(Cl)ccc(N(C)C(=O)CNC(=O)/C=C/c4ccc(N5C(=O)CCC5=O)cc4)c3Cl)cccn2c1Br.Cl. The van der Waals surface area contributed by atoms with Crippen LogP contribution in [0.3, 0.4) is 0 Å². The van der Waals surface area contributed by atoms with E-state index in [4.69, 9.17) is 27.9 Å². The van der Waals surface area contributed by atoms with Crippen LogP contribution in [0.2, 0.25) is 10.0 Å². The number of halogens is 4. The van der Waals surface area contributed by atoms with E-state index in [2.05, 4.69) is 26.2 Å². The molecule has 1 aliphatic rings. The summed E-state index contributed by atoms with van der Waals surface area (Å²) in [5.74, 6) is -0.819. The normalized spacial score (nSPS) is 13.0. The van der Waals surface area contributed by atoms with Gasteiger partial charge < -0.3 is 15.0 Å². The molecule has 4 amide bonds. The summed E-state index contributed by atoms with van der Waals surface area (Å²) in [6.45, 7) is 1.63. The van der Waals surface area contributed by atoms with E-state index in [9.17, 15) is 19.2 Å². The molecule has 45 heavy (non-hydrogen) atoms. The van der Waals surface area contributed by atoms with Gasteiger partial charge in [-0.25, -0.2) is 4.98 Å². The number of amides is 4. The summed E-state index contributed by atoms with van der Waals surface area (Å²) >= 11 is 16.7. The van der Waals surface area contributed by atoms with Crippen molar-refractivity contribution in [3.63, 3.8) is 0 Å². The highest BCUT2D eigenvalue weighted by Gasteiger charge is 2.30. The highest BCUT2D eigenvalue weighted by atomic mass is 79.9. The number of pyridine rings is 1. The van der Waals surface area contributed by atoms with Gasteiger partial charge in [0.05, 0.1) is 28.6 Å². The lowest BCUT2D eigenvalue weighted by atomic mass is 10.2. The van der Waals surface area contributed by atoms with Gasteiger partial charge in [-0.05, 0) is 70.9 Å². The van der Waals surface area contributed by atoms with E-state index in [1.165, 1.54) is 11.0 Å². The number of imide groups is 1. The number of nitrogens with one attached hydrogen (secondary N) is 1. The minimum atomic E-state index is -0.480. The zero-order chi connectivity index (χ0) is 31.5. The quantitative estimate of drug-likeness (QED) is 0.163. The van der Waals surface area contributed by atoms with Crippen molar-refractivity contribution < 1.29 is 23.9 Å². The smallest absolute Gasteiger partial charge is 0.246 e. The number of carbonyl (C=O) groups is 4. The zero-order valence-electron chi connectivity index (χ0n) is 24.1. The summed E-state index contributed by atoms with van der Waals surface area (Å²) in [6.07, 6.45) is 5.13. The van der Waals surface area contributed by atoms with E-state index in [1.807, 2.05) is 23.6 Å². The average molecular weight is 736 g/mol. The molecule has 1 aliphatic heterocycles. The summed E-state index contributed by atoms with van der Waals surface area (Å²) in [6, 6.07) is 13.5. The van der Waals surface area contributed by atoms with Crippen LogP contribution in [0.1, 0.15) is 29.7 Å². The maximum atomic E-state index is 12.9. The van der Waals surface area contributed by atoms with Crippen LogP contribution in [0.25, 0.3) is 11.7 Å². The van der Waals surface area contributed by atoms with Gasteiger partial charge in [0.2, 0.25) is 23.6 Å². The molecule has 10 nitrogen and oxygen atoms in total. The lowest BCUT2D eigenvalue weighted by Gasteiger charge is -2.21. The molecule has 0 unspecified atom stereocenters. The third-order valence-electron chi connectivity index (χ3n) is 7.03. The molecule has 0 atom stereocenters. The predicted molar refractivity (Wildman–Crippen MR) is 179 cm³/mol. The van der Waals surface area contributed by atoms with Crippen LogP contribution in [0.5, 0.6) is 5.75 Å². The number of aryl methyl sites for hydroxylation is 1. The van der Waals surface area contributed by atoms with E-state index in [1.54, 1.807) is 55.6 Å². The number of anilines is 2. The van der Waals surface area contributed by atoms with Crippen molar-refractivity contribution in [2.45, 2.75) is 26.4 Å². The molecule has 0 spiro atoms. The number of imidazole rings is 1. The van der Waals surface area contributed by atoms with Crippen LogP contribution in [-0.2, 0) is 25.8 Å². The van der Waals surface area contributed by atoms with Crippen molar-refractivity contribution in [1.29, 1.82) is 0 Å². The lowest BCUT2D eigenvalue weighted by Crippen LogP contribution is -2.37. The summed E-state index contributed by atoms with van der Waals surface area (Å²) in [5.41, 5.74) is 3.50. The van der Waals surface area contributed by atoms with E-state index in [0.29, 0.717) is 38.9 Å². The average Bonchev–Trinajstić information content (AvgIpc) is 3.51. The zero-order valence-corrected chi connectivity index (χ0v) is 28.0. The molecule has 3 heterocycles. The first-order valence-electron chi connectivity index (χ1n) is 13.5. The Morgan fingerprint density at radius 3 is 2.47 bits per heavy atom. The van der Waals surface area contributed by atoms with Gasteiger partial charge in [0, 0.05) is 42.7 Å². The van der Waals surface area contributed by atoms with Crippen LogP contribution in [-0.4, -0.2) is 46.6 Å². The molecule has 1 N–H and O–H groups in total. The number of hydrogen-bond donors (Lipinski definition) is 1. The van der Waals surface area contributed by atoms with Gasteiger partial charge in [-0.2, -0.15) is 0 Å². The molecule has 2 aromatic carbocycles. The Labute approximate surface area is 283 Å². The summed E-state index contributed by atoms with van der Waals surface area (Å²) in [4.78, 5) is 56.2. The van der Waals surface area contributed by atoms with Gasteiger partial charge in [-0.1, -0.05) is 35.3 Å². The molecule has 2 aromatic heterocycles. The second-order valence-electron chi connectivity index (χ2n) is 9.92. The standard InChI is InChI=1S/C31H26BrCl2N5O5.ClH/c1-18-30(32)38-15-3-4-24(31(38)36-18)44-17-21-22(33)10-11-23(29(21)34)37(2)28(43)16-35-25(40)12-7-19-5-8-20(9-6-19)39-26(41)13-14-27(39)42;/h3-12,15H,13-14,16-17H2,1-2H3,(H,35,40);1H/b12-7+;. The number of ether oxygens (including phenoxy) is 1. The van der Waals surface area contributed by atoms with Gasteiger partial charge in [-0.15, -0.1) is 12.4 Å². The van der Waals surface area contributed by atoms with Crippen LogP contribution in [0.15, 0.2) is 65.4 Å². The first kappa shape index (κ1) is 34.0. The van der Waals surface area contributed by atoms with Gasteiger partial charge in [0.25, 0.3) is 0 Å². The maximum Gasteiger partial charge on any atom is 0.246 e. The molecule has 0 aliphatic carbocycles. The van der Waals surface area contributed by atoms with E-state index in [0.717, 1.165) is 15.2 Å². The summed E-state index contributed by atoms with van der Waals surface area (Å²) in [5, 5.41) is 3.18. The fourth-order valence-corrected chi connectivity index (χ4v) is 5.59. The fraction of sp³-hybridized carbons (Fsp3) is 0.194. The molecule has 234 valence electrons. The molecule has 0 saturated carbocycles. The minimum Gasteiger partial charge on any atom is -0.485 e. The molecule has 4 aromatic rings. The maximum absolute atomic E-state index is 12.9. The van der Waals surface area contributed by atoms with Gasteiger partial charge in [-0.3, -0.25) is 28.5 Å². The molecule has 14 heteroatoms. The van der Waals surface area contributed by atoms with Crippen LogP contribution in [0.4, 0.5) is 11.4 Å². The van der Waals surface area contributed by atoms with Gasteiger partial charge in [0.15, 0.2) is 11.4 Å². The highest BCUT2D eigenvalue weighted by molar-refractivity contribution is 9.10. The second-order valence-corrected chi connectivity index (χ2v) is 11.5. The van der Waals surface area contributed by atoms with Gasteiger partial charge in [0.1, 0.15) is 11.2 Å². The Morgan fingerprint density at radius 2 is 1.78 bits per heavy atom. The van der Waals surface area contributed by atoms with E-state index >= 15 is 0 Å². The number of carbonyl (C=O) groups excluding carboxylic acids is 4. The fourth-order valence-electron chi connectivity index (χ4n) is 4.61. The van der Waals surface area contributed by atoms with Gasteiger partial charge >= 0.3 is 0 Å². The molecule has 0 radical (unpaired) electrons. The summed E-state index contributed by atoms with van der Waals surface area (Å²) < 4.78 is 8.72. The lowest BCUT2D eigenvalue weighted by molar-refractivity contribution is -0.122. The third kappa shape index (κ3) is 7.33. The van der Waals surface area contributed by atoms with Crippen molar-refractivity contribution in [2.24, 2.45) is 0 Å². The van der Waals surface area contributed by atoms with Crippen molar-refractivity contribution in [3.8, 4) is 5.75 Å². The minimum absolute atomic E-state index is 0. The molecule has 5 rings (SSSR count). The van der Waals surface area contributed by atoms with E-state index in [-0.39, 0.29) is 55.2 Å². The largest absolute Gasteiger partial charge is 0.485 e. The molecule has 0 bridgehead atoms. The Hall–Kier alpha value is -3.90. The first-order valence-corrected chi connectivity index (χ1v) is 15.0. The van der Waals surface area contributed by atoms with Crippen molar-refractivity contribution in [3.05, 3.63) is 92.3 Å².